The van der Waals surface area contributed by atoms with Crippen LogP contribution in [0, 0.1) is 0 Å². The summed E-state index contributed by atoms with van der Waals surface area (Å²) in [6.45, 7) is 2.27. The molecule has 2 atom stereocenters. The van der Waals surface area contributed by atoms with Crippen molar-refractivity contribution in [1.82, 2.24) is 10.2 Å². The van der Waals surface area contributed by atoms with E-state index in [4.69, 9.17) is 4.74 Å². The van der Waals surface area contributed by atoms with Gasteiger partial charge in [-0.3, -0.25) is 4.79 Å². The molecule has 2 heterocycles. The second kappa shape index (κ2) is 6.65. The minimum atomic E-state index is -0.217. The number of amides is 1. The van der Waals surface area contributed by atoms with Gasteiger partial charge in [0.05, 0.1) is 6.54 Å². The zero-order valence-electron chi connectivity index (χ0n) is 13.7. The molecule has 0 bridgehead atoms. The SMILES string of the molecule is O=C([C@@H]1NCCc2ccccc21)N1CC[C@H](Oc2ccccc2)C1. The minimum absolute atomic E-state index is 0.0789. The zero-order chi connectivity index (χ0) is 16.4. The first-order valence-electron chi connectivity index (χ1n) is 8.63. The molecule has 4 nitrogen and oxygen atoms in total. The number of rotatable bonds is 3. The standard InChI is InChI=1S/C20H22N2O2/c23-20(19-18-9-5-4-6-15(18)10-12-21-19)22-13-11-17(14-22)24-16-7-2-1-3-8-16/h1-9,17,19,21H,10-14H2/t17-,19+/m0/s1. The van der Waals surface area contributed by atoms with Gasteiger partial charge in [0.25, 0.3) is 0 Å². The average Bonchev–Trinajstić information content (AvgIpc) is 3.10. The van der Waals surface area contributed by atoms with Gasteiger partial charge in [0, 0.05) is 19.5 Å². The topological polar surface area (TPSA) is 41.6 Å². The van der Waals surface area contributed by atoms with E-state index in [1.807, 2.05) is 47.4 Å². The molecule has 4 rings (SSSR count). The Balaban J connectivity index is 1.43. The summed E-state index contributed by atoms with van der Waals surface area (Å²) in [5.41, 5.74) is 2.41. The van der Waals surface area contributed by atoms with Crippen LogP contribution in [0.1, 0.15) is 23.6 Å². The van der Waals surface area contributed by atoms with Crippen LogP contribution in [0.3, 0.4) is 0 Å². The summed E-state index contributed by atoms with van der Waals surface area (Å²) in [5.74, 6) is 1.04. The van der Waals surface area contributed by atoms with E-state index >= 15 is 0 Å². The number of para-hydroxylation sites is 1. The molecule has 0 aromatic heterocycles. The lowest BCUT2D eigenvalue weighted by Crippen LogP contribution is -2.43. The van der Waals surface area contributed by atoms with Crippen molar-refractivity contribution in [3.8, 4) is 5.75 Å². The number of carbonyl (C=O) groups is 1. The normalized spacial score (nSPS) is 22.9. The van der Waals surface area contributed by atoms with E-state index < -0.39 is 0 Å². The Kier molecular flexibility index (Phi) is 4.22. The fourth-order valence-electron chi connectivity index (χ4n) is 3.62. The van der Waals surface area contributed by atoms with E-state index in [-0.39, 0.29) is 18.1 Å². The van der Waals surface area contributed by atoms with E-state index in [1.165, 1.54) is 5.56 Å². The molecule has 0 saturated carbocycles. The monoisotopic (exact) mass is 322 g/mol. The van der Waals surface area contributed by atoms with Crippen LogP contribution in [0.2, 0.25) is 0 Å². The van der Waals surface area contributed by atoms with Crippen LogP contribution in [-0.2, 0) is 11.2 Å². The summed E-state index contributed by atoms with van der Waals surface area (Å²) >= 11 is 0. The summed E-state index contributed by atoms with van der Waals surface area (Å²) in [7, 11) is 0. The van der Waals surface area contributed by atoms with E-state index in [9.17, 15) is 4.79 Å². The fourth-order valence-corrected chi connectivity index (χ4v) is 3.62. The van der Waals surface area contributed by atoms with Gasteiger partial charge in [-0.2, -0.15) is 0 Å². The molecule has 0 unspecified atom stereocenters. The number of nitrogens with zero attached hydrogens (tertiary/aromatic N) is 1. The number of hydrogen-bond acceptors (Lipinski definition) is 3. The van der Waals surface area contributed by atoms with Crippen molar-refractivity contribution >= 4 is 5.91 Å². The lowest BCUT2D eigenvalue weighted by molar-refractivity contribution is -0.133. The largest absolute Gasteiger partial charge is 0.489 e. The Morgan fingerprint density at radius 3 is 2.75 bits per heavy atom. The van der Waals surface area contributed by atoms with Gasteiger partial charge in [0.1, 0.15) is 17.9 Å². The number of benzene rings is 2. The molecule has 1 saturated heterocycles. The molecular weight excluding hydrogens is 300 g/mol. The van der Waals surface area contributed by atoms with Crippen molar-refractivity contribution < 1.29 is 9.53 Å². The van der Waals surface area contributed by atoms with Crippen LogP contribution >= 0.6 is 0 Å². The molecule has 0 spiro atoms. The first-order chi connectivity index (χ1) is 11.8. The lowest BCUT2D eigenvalue weighted by atomic mass is 9.93. The van der Waals surface area contributed by atoms with Crippen LogP contribution in [0.15, 0.2) is 54.6 Å². The summed E-state index contributed by atoms with van der Waals surface area (Å²) in [6, 6.07) is 17.9. The maximum absolute atomic E-state index is 13.0. The summed E-state index contributed by atoms with van der Waals surface area (Å²) in [5, 5.41) is 3.38. The number of likely N-dealkylation sites (tertiary alicyclic amines) is 1. The highest BCUT2D eigenvalue weighted by atomic mass is 16.5. The minimum Gasteiger partial charge on any atom is -0.489 e. The molecule has 0 radical (unpaired) electrons. The fraction of sp³-hybridized carbons (Fsp3) is 0.350. The van der Waals surface area contributed by atoms with Crippen LogP contribution in [0.5, 0.6) is 5.75 Å². The van der Waals surface area contributed by atoms with Gasteiger partial charge in [-0.25, -0.2) is 0 Å². The molecule has 1 N–H and O–H groups in total. The maximum Gasteiger partial charge on any atom is 0.244 e. The van der Waals surface area contributed by atoms with Gasteiger partial charge in [-0.15, -0.1) is 0 Å². The molecule has 2 aromatic rings. The molecule has 1 fully saturated rings. The van der Waals surface area contributed by atoms with Crippen molar-refractivity contribution in [2.24, 2.45) is 0 Å². The molecule has 0 aliphatic carbocycles. The molecule has 1 amide bonds. The second-order valence-corrected chi connectivity index (χ2v) is 6.46. The number of carbonyl (C=O) groups excluding carboxylic acids is 1. The highest BCUT2D eigenvalue weighted by Crippen LogP contribution is 2.26. The zero-order valence-corrected chi connectivity index (χ0v) is 13.7. The van der Waals surface area contributed by atoms with Crippen LogP contribution in [0.4, 0.5) is 0 Å². The third-order valence-corrected chi connectivity index (χ3v) is 4.86. The van der Waals surface area contributed by atoms with E-state index in [0.717, 1.165) is 37.2 Å². The quantitative estimate of drug-likeness (QED) is 0.944. The highest BCUT2D eigenvalue weighted by molar-refractivity contribution is 5.84. The van der Waals surface area contributed by atoms with E-state index in [2.05, 4.69) is 17.4 Å². The van der Waals surface area contributed by atoms with Crippen molar-refractivity contribution in [3.05, 3.63) is 65.7 Å². The van der Waals surface area contributed by atoms with Crippen molar-refractivity contribution in [2.45, 2.75) is 25.0 Å². The number of hydrogen-bond donors (Lipinski definition) is 1. The second-order valence-electron chi connectivity index (χ2n) is 6.46. The molecule has 2 aromatic carbocycles. The molecule has 4 heteroatoms. The van der Waals surface area contributed by atoms with E-state index in [0.29, 0.717) is 6.54 Å². The summed E-state index contributed by atoms with van der Waals surface area (Å²) in [6.07, 6.45) is 1.95. The Morgan fingerprint density at radius 1 is 1.08 bits per heavy atom. The van der Waals surface area contributed by atoms with Gasteiger partial charge in [0.2, 0.25) is 5.91 Å². The van der Waals surface area contributed by atoms with Crippen LogP contribution in [0.25, 0.3) is 0 Å². The third kappa shape index (κ3) is 3.02. The molecule has 24 heavy (non-hydrogen) atoms. The van der Waals surface area contributed by atoms with Gasteiger partial charge in [-0.1, -0.05) is 42.5 Å². The maximum atomic E-state index is 13.0. The Morgan fingerprint density at radius 2 is 1.88 bits per heavy atom. The highest BCUT2D eigenvalue weighted by Gasteiger charge is 2.34. The van der Waals surface area contributed by atoms with Crippen LogP contribution < -0.4 is 10.1 Å². The van der Waals surface area contributed by atoms with Crippen LogP contribution in [-0.4, -0.2) is 36.5 Å². The van der Waals surface area contributed by atoms with Crippen molar-refractivity contribution in [2.75, 3.05) is 19.6 Å². The van der Waals surface area contributed by atoms with Crippen molar-refractivity contribution in [1.29, 1.82) is 0 Å². The first-order valence-corrected chi connectivity index (χ1v) is 8.63. The van der Waals surface area contributed by atoms with Gasteiger partial charge >= 0.3 is 0 Å². The number of nitrogens with one attached hydrogen (secondary N) is 1. The predicted octanol–water partition coefficient (Wildman–Crippen LogP) is 2.55. The molecule has 2 aliphatic heterocycles. The predicted molar refractivity (Wildman–Crippen MR) is 92.9 cm³/mol. The van der Waals surface area contributed by atoms with Gasteiger partial charge in [-0.05, 0) is 29.7 Å². The van der Waals surface area contributed by atoms with Crippen molar-refractivity contribution in [3.63, 3.8) is 0 Å². The molecule has 124 valence electrons. The Bertz CT molecular complexity index is 717. The van der Waals surface area contributed by atoms with Gasteiger partial charge < -0.3 is 15.0 Å². The third-order valence-electron chi connectivity index (χ3n) is 4.86. The van der Waals surface area contributed by atoms with Gasteiger partial charge in [0.15, 0.2) is 0 Å². The van der Waals surface area contributed by atoms with E-state index in [1.54, 1.807) is 0 Å². The first kappa shape index (κ1) is 15.2. The summed E-state index contributed by atoms with van der Waals surface area (Å²) in [4.78, 5) is 14.9. The smallest absolute Gasteiger partial charge is 0.244 e. The molecular formula is C20H22N2O2. The Hall–Kier alpha value is -2.33. The number of ether oxygens (including phenoxy) is 1. The average molecular weight is 322 g/mol. The number of fused-ring (bicyclic) bond motifs is 1. The Labute approximate surface area is 142 Å². The summed E-state index contributed by atoms with van der Waals surface area (Å²) < 4.78 is 6.00. The lowest BCUT2D eigenvalue weighted by Gasteiger charge is -2.29. The molecule has 2 aliphatic rings.